The van der Waals surface area contributed by atoms with E-state index in [1.165, 1.54) is 65.7 Å². The zero-order valence-corrected chi connectivity index (χ0v) is 35.8. The number of hydrogen-bond acceptors (Lipinski definition) is 2. The largest absolute Gasteiger partial charge is 0.292 e. The molecule has 2 aromatic heterocycles. The van der Waals surface area contributed by atoms with Crippen LogP contribution in [0.2, 0.25) is 0 Å². The van der Waals surface area contributed by atoms with Crippen molar-refractivity contribution in [2.75, 3.05) is 0 Å². The molecule has 2 heterocycles. The molecule has 0 fully saturated rings. The first-order valence-electron chi connectivity index (χ1n) is 22.0. The second kappa shape index (κ2) is 14.4. The van der Waals surface area contributed by atoms with Crippen LogP contribution in [0, 0.1) is 20.8 Å². The molecular formula is C59H44N4. The monoisotopic (exact) mass is 808 g/mol. The number of hydrogen-bond donors (Lipinski definition) is 0. The fraction of sp³-hybridized carbons (Fsp3) is 0.0847. The van der Waals surface area contributed by atoms with Gasteiger partial charge in [-0.05, 0) is 113 Å². The third-order valence-electron chi connectivity index (χ3n) is 13.1. The standard InChI is InChI=1S/C59H44N4/c1-5-39-34-38(4)53(51(35-39)59-61-55-47-29-17-13-25-43(47)45-27-15-19-31-49(45)57(55)63(59)41-22-10-7-11-23-41)52-37(3)32-36(2)33-50(52)58-60-54-46-28-16-12-24-42(46)44-26-14-18-30-48(44)56(54)62(58)40-20-8-6-9-21-40/h6-35H,5H2,1-4H3. The van der Waals surface area contributed by atoms with E-state index in [0.29, 0.717) is 0 Å². The first kappa shape index (κ1) is 37.0. The molecule has 0 saturated carbocycles. The van der Waals surface area contributed by atoms with Crippen molar-refractivity contribution in [1.82, 2.24) is 19.1 Å². The van der Waals surface area contributed by atoms with Crippen LogP contribution in [-0.4, -0.2) is 19.1 Å². The highest BCUT2D eigenvalue weighted by atomic mass is 15.1. The average molecular weight is 809 g/mol. The van der Waals surface area contributed by atoms with Crippen molar-refractivity contribution in [3.8, 4) is 45.3 Å². The maximum absolute atomic E-state index is 5.80. The summed E-state index contributed by atoms with van der Waals surface area (Å²) in [7, 11) is 0. The second-order valence-corrected chi connectivity index (χ2v) is 17.0. The molecule has 0 spiro atoms. The third-order valence-corrected chi connectivity index (χ3v) is 13.1. The molecule has 0 N–H and O–H groups in total. The number of benzene rings is 10. The number of aromatic nitrogens is 4. The first-order chi connectivity index (χ1) is 31.0. The molecule has 0 aliphatic rings. The summed E-state index contributed by atoms with van der Waals surface area (Å²) in [4.78, 5) is 11.6. The van der Waals surface area contributed by atoms with E-state index < -0.39 is 0 Å². The lowest BCUT2D eigenvalue weighted by molar-refractivity contribution is 1.09. The minimum Gasteiger partial charge on any atom is -0.292 e. The summed E-state index contributed by atoms with van der Waals surface area (Å²) in [6.45, 7) is 9.01. The van der Waals surface area contributed by atoms with Crippen LogP contribution >= 0.6 is 0 Å². The van der Waals surface area contributed by atoms with Gasteiger partial charge in [0, 0.05) is 44.0 Å². The molecule has 4 nitrogen and oxygen atoms in total. The van der Waals surface area contributed by atoms with Gasteiger partial charge in [0.1, 0.15) is 11.6 Å². The van der Waals surface area contributed by atoms with Crippen LogP contribution in [0.15, 0.2) is 182 Å². The van der Waals surface area contributed by atoms with E-state index >= 15 is 0 Å². The Morgan fingerprint density at radius 1 is 0.381 bits per heavy atom. The van der Waals surface area contributed by atoms with E-state index in [1.54, 1.807) is 0 Å². The van der Waals surface area contributed by atoms with Crippen LogP contribution < -0.4 is 0 Å². The summed E-state index contributed by atoms with van der Waals surface area (Å²) < 4.78 is 4.83. The molecule has 0 unspecified atom stereocenters. The SMILES string of the molecule is CCc1cc(C)c(-c2c(C)cc(C)cc2-c2nc3c4ccccc4c4ccccc4c3n2-c2ccccc2)c(-c2nc3c4ccccc4c4ccccc4c3n2-c2ccccc2)c1. The molecule has 4 heteroatoms. The number of fused-ring (bicyclic) bond motifs is 12. The number of nitrogens with zero attached hydrogens (tertiary/aromatic N) is 4. The van der Waals surface area contributed by atoms with Crippen LogP contribution in [0.4, 0.5) is 0 Å². The van der Waals surface area contributed by atoms with Crippen molar-refractivity contribution in [2.24, 2.45) is 0 Å². The molecule has 300 valence electrons. The molecule has 0 bridgehead atoms. The molecule has 0 aliphatic heterocycles. The van der Waals surface area contributed by atoms with Gasteiger partial charge in [-0.1, -0.05) is 158 Å². The molecular weight excluding hydrogens is 765 g/mol. The number of aryl methyl sites for hydroxylation is 4. The molecule has 0 amide bonds. The Labute approximate surface area is 366 Å². The van der Waals surface area contributed by atoms with Gasteiger partial charge in [-0.25, -0.2) is 9.97 Å². The first-order valence-corrected chi connectivity index (χ1v) is 22.0. The number of rotatable bonds is 6. The van der Waals surface area contributed by atoms with Crippen molar-refractivity contribution in [3.63, 3.8) is 0 Å². The fourth-order valence-corrected chi connectivity index (χ4v) is 10.5. The van der Waals surface area contributed by atoms with Gasteiger partial charge in [-0.3, -0.25) is 9.13 Å². The topological polar surface area (TPSA) is 35.6 Å². The zero-order valence-electron chi connectivity index (χ0n) is 35.8. The van der Waals surface area contributed by atoms with Crippen LogP contribution in [0.25, 0.3) is 110 Å². The highest BCUT2D eigenvalue weighted by Crippen LogP contribution is 2.48. The average Bonchev–Trinajstić information content (AvgIpc) is 3.94. The van der Waals surface area contributed by atoms with Crippen LogP contribution in [0.3, 0.4) is 0 Å². The third kappa shape index (κ3) is 5.61. The normalized spacial score (nSPS) is 11.9. The summed E-state index contributed by atoms with van der Waals surface area (Å²) in [6.07, 6.45) is 0.898. The fourth-order valence-electron chi connectivity index (χ4n) is 10.5. The highest BCUT2D eigenvalue weighted by Gasteiger charge is 2.28. The Kier molecular flexibility index (Phi) is 8.45. The molecule has 0 aliphatic carbocycles. The maximum atomic E-state index is 5.80. The summed E-state index contributed by atoms with van der Waals surface area (Å²) in [5.74, 6) is 1.84. The zero-order chi connectivity index (χ0) is 42.3. The summed E-state index contributed by atoms with van der Waals surface area (Å²) in [5, 5.41) is 9.52. The van der Waals surface area contributed by atoms with Gasteiger partial charge in [0.05, 0.1) is 22.1 Å². The molecule has 0 atom stereocenters. The van der Waals surface area contributed by atoms with Crippen molar-refractivity contribution in [2.45, 2.75) is 34.1 Å². The van der Waals surface area contributed by atoms with Crippen LogP contribution in [-0.2, 0) is 6.42 Å². The lowest BCUT2D eigenvalue weighted by Crippen LogP contribution is -2.04. The van der Waals surface area contributed by atoms with E-state index in [1.807, 2.05) is 0 Å². The van der Waals surface area contributed by atoms with Gasteiger partial charge in [-0.15, -0.1) is 0 Å². The van der Waals surface area contributed by atoms with Gasteiger partial charge < -0.3 is 0 Å². The van der Waals surface area contributed by atoms with Gasteiger partial charge >= 0.3 is 0 Å². The summed E-state index contributed by atoms with van der Waals surface area (Å²) in [5.41, 5.74) is 15.8. The van der Waals surface area contributed by atoms with Gasteiger partial charge in [0.25, 0.3) is 0 Å². The Bertz CT molecular complexity index is 3800. The minimum absolute atomic E-state index is 0.898. The Morgan fingerprint density at radius 2 is 0.746 bits per heavy atom. The quantitative estimate of drug-likeness (QED) is 0.157. The minimum atomic E-state index is 0.898. The van der Waals surface area contributed by atoms with Crippen LogP contribution in [0.5, 0.6) is 0 Å². The molecule has 12 rings (SSSR count). The smallest absolute Gasteiger partial charge is 0.146 e. The Balaban J connectivity index is 1.25. The summed E-state index contributed by atoms with van der Waals surface area (Å²) in [6, 6.07) is 66.1. The molecule has 0 radical (unpaired) electrons. The lowest BCUT2D eigenvalue weighted by atomic mass is 9.85. The second-order valence-electron chi connectivity index (χ2n) is 17.0. The summed E-state index contributed by atoms with van der Waals surface area (Å²) >= 11 is 0. The van der Waals surface area contributed by atoms with Gasteiger partial charge in [-0.2, -0.15) is 0 Å². The van der Waals surface area contributed by atoms with Crippen molar-refractivity contribution < 1.29 is 0 Å². The number of para-hydroxylation sites is 2. The van der Waals surface area contributed by atoms with E-state index in [2.05, 4.69) is 219 Å². The van der Waals surface area contributed by atoms with Crippen molar-refractivity contribution in [3.05, 3.63) is 204 Å². The Morgan fingerprint density at radius 3 is 1.19 bits per heavy atom. The maximum Gasteiger partial charge on any atom is 0.146 e. The van der Waals surface area contributed by atoms with Crippen LogP contribution in [0.1, 0.15) is 29.2 Å². The van der Waals surface area contributed by atoms with Gasteiger partial charge in [0.15, 0.2) is 0 Å². The number of imidazole rings is 2. The Hall–Kier alpha value is -7.82. The van der Waals surface area contributed by atoms with Crippen molar-refractivity contribution in [1.29, 1.82) is 0 Å². The lowest BCUT2D eigenvalue weighted by Gasteiger charge is -2.22. The van der Waals surface area contributed by atoms with Crippen molar-refractivity contribution >= 4 is 65.2 Å². The van der Waals surface area contributed by atoms with E-state index in [-0.39, 0.29) is 0 Å². The molecule has 63 heavy (non-hydrogen) atoms. The molecule has 10 aromatic carbocycles. The van der Waals surface area contributed by atoms with E-state index in [0.717, 1.165) is 73.4 Å². The molecule has 12 aromatic rings. The van der Waals surface area contributed by atoms with Gasteiger partial charge in [0.2, 0.25) is 0 Å². The predicted molar refractivity (Wildman–Crippen MR) is 266 cm³/mol. The molecule has 0 saturated heterocycles. The van der Waals surface area contributed by atoms with E-state index in [9.17, 15) is 0 Å². The van der Waals surface area contributed by atoms with E-state index in [4.69, 9.17) is 9.97 Å². The highest BCUT2D eigenvalue weighted by molar-refractivity contribution is 6.25. The predicted octanol–water partition coefficient (Wildman–Crippen LogP) is 15.5.